The van der Waals surface area contributed by atoms with Gasteiger partial charge in [-0.2, -0.15) is 0 Å². The topological polar surface area (TPSA) is 69.6 Å². The highest BCUT2D eigenvalue weighted by Gasteiger charge is 2.42. The van der Waals surface area contributed by atoms with Crippen molar-refractivity contribution < 1.29 is 22.8 Å². The summed E-state index contributed by atoms with van der Waals surface area (Å²) in [4.78, 5) is 40.8. The van der Waals surface area contributed by atoms with Gasteiger partial charge in [0.2, 0.25) is 11.8 Å². The van der Waals surface area contributed by atoms with Gasteiger partial charge >= 0.3 is 0 Å². The number of rotatable bonds is 7. The summed E-state index contributed by atoms with van der Waals surface area (Å²) in [7, 11) is 0. The lowest BCUT2D eigenvalue weighted by molar-refractivity contribution is -0.126. The van der Waals surface area contributed by atoms with E-state index in [0.717, 1.165) is 19.6 Å². The molecule has 3 aliphatic rings. The number of benzene rings is 1. The molecule has 0 N–H and O–H groups in total. The molecule has 3 fully saturated rings. The standard InChI is InChI=1S/C29H36F3N5O2/c1-19-26(20(2)34-18-33-19)28(39)36-16-22-14-35(15-23(22)17-36)11-4-12-37(25-6-3-5-24(30)13-25)27(38)21-7-9-29(31,32)10-8-21/h3,5-6,13,18,21-23H,4,7-12,14-17H2,1-2H3. The Balaban J connectivity index is 1.16. The number of carbonyl (C=O) groups excluding carboxylic acids is 2. The van der Waals surface area contributed by atoms with Crippen molar-refractivity contribution in [1.82, 2.24) is 19.8 Å². The van der Waals surface area contributed by atoms with E-state index in [1.807, 2.05) is 18.7 Å². The number of nitrogens with zero attached hydrogens (tertiary/aromatic N) is 5. The molecule has 2 saturated heterocycles. The molecule has 5 rings (SSSR count). The van der Waals surface area contributed by atoms with Crippen molar-refractivity contribution in [3.05, 3.63) is 53.4 Å². The van der Waals surface area contributed by atoms with Crippen LogP contribution in [-0.2, 0) is 4.79 Å². The average molecular weight is 544 g/mol. The minimum atomic E-state index is -2.71. The van der Waals surface area contributed by atoms with Gasteiger partial charge in [0.15, 0.2) is 0 Å². The van der Waals surface area contributed by atoms with E-state index in [4.69, 9.17) is 0 Å². The first-order valence-electron chi connectivity index (χ1n) is 13.9. The molecule has 2 unspecified atom stereocenters. The SMILES string of the molecule is Cc1ncnc(C)c1C(=O)N1CC2CN(CCCN(C(=O)C3CCC(F)(F)CC3)c3cccc(F)c3)CC2C1. The molecular weight excluding hydrogens is 507 g/mol. The summed E-state index contributed by atoms with van der Waals surface area (Å²) >= 11 is 0. The van der Waals surface area contributed by atoms with Crippen LogP contribution in [-0.4, -0.2) is 76.8 Å². The van der Waals surface area contributed by atoms with Crippen molar-refractivity contribution in [3.8, 4) is 0 Å². The lowest BCUT2D eigenvalue weighted by Gasteiger charge is -2.32. The third-order valence-electron chi connectivity index (χ3n) is 8.60. The first-order valence-corrected chi connectivity index (χ1v) is 13.9. The zero-order valence-corrected chi connectivity index (χ0v) is 22.6. The van der Waals surface area contributed by atoms with Gasteiger partial charge < -0.3 is 14.7 Å². The van der Waals surface area contributed by atoms with E-state index < -0.39 is 17.7 Å². The fourth-order valence-corrected chi connectivity index (χ4v) is 6.47. The van der Waals surface area contributed by atoms with E-state index in [0.29, 0.717) is 60.5 Å². The molecule has 210 valence electrons. The number of alkyl halides is 2. The first-order chi connectivity index (χ1) is 18.6. The van der Waals surface area contributed by atoms with Crippen molar-refractivity contribution in [1.29, 1.82) is 0 Å². The molecule has 2 aliphatic heterocycles. The maximum absolute atomic E-state index is 14.0. The zero-order valence-electron chi connectivity index (χ0n) is 22.6. The van der Waals surface area contributed by atoms with E-state index in [9.17, 15) is 22.8 Å². The maximum atomic E-state index is 14.0. The molecule has 1 aromatic heterocycles. The summed E-state index contributed by atoms with van der Waals surface area (Å²) in [6.07, 6.45) is 1.90. The summed E-state index contributed by atoms with van der Waals surface area (Å²) in [5.74, 6) is -3.02. The highest BCUT2D eigenvalue weighted by molar-refractivity contribution is 5.96. The van der Waals surface area contributed by atoms with Gasteiger partial charge in [0.25, 0.3) is 5.91 Å². The fraction of sp³-hybridized carbons (Fsp3) is 0.586. The second kappa shape index (κ2) is 11.2. The predicted molar refractivity (Wildman–Crippen MR) is 141 cm³/mol. The molecule has 0 radical (unpaired) electrons. The Hall–Kier alpha value is -3.01. The van der Waals surface area contributed by atoms with Crippen molar-refractivity contribution in [2.24, 2.45) is 17.8 Å². The Morgan fingerprint density at radius 1 is 1.03 bits per heavy atom. The Kier molecular flexibility index (Phi) is 7.94. The number of carbonyl (C=O) groups is 2. The van der Waals surface area contributed by atoms with Gasteiger partial charge in [0.05, 0.1) is 17.0 Å². The monoisotopic (exact) mass is 543 g/mol. The molecule has 39 heavy (non-hydrogen) atoms. The molecule has 2 atom stereocenters. The molecule has 1 aliphatic carbocycles. The van der Waals surface area contributed by atoms with Crippen LogP contribution in [0.4, 0.5) is 18.9 Å². The molecule has 2 amide bonds. The third kappa shape index (κ3) is 6.10. The summed E-state index contributed by atoms with van der Waals surface area (Å²) < 4.78 is 41.3. The Morgan fingerprint density at radius 3 is 2.28 bits per heavy atom. The van der Waals surface area contributed by atoms with E-state index >= 15 is 0 Å². The van der Waals surface area contributed by atoms with Crippen molar-refractivity contribution in [3.63, 3.8) is 0 Å². The number of hydrogen-bond donors (Lipinski definition) is 0. The number of aryl methyl sites for hydroxylation is 2. The van der Waals surface area contributed by atoms with Crippen LogP contribution in [0.3, 0.4) is 0 Å². The minimum absolute atomic E-state index is 0.00345. The molecule has 0 bridgehead atoms. The first kappa shape index (κ1) is 27.6. The van der Waals surface area contributed by atoms with Gasteiger partial charge in [0, 0.05) is 57.2 Å². The summed E-state index contributed by atoms with van der Waals surface area (Å²) in [6, 6.07) is 5.94. The molecular formula is C29H36F3N5O2. The Labute approximate surface area is 227 Å². The number of likely N-dealkylation sites (tertiary alicyclic amines) is 2. The van der Waals surface area contributed by atoms with Crippen LogP contribution in [0.2, 0.25) is 0 Å². The highest BCUT2D eigenvalue weighted by Crippen LogP contribution is 2.38. The number of amides is 2. The minimum Gasteiger partial charge on any atom is -0.338 e. The predicted octanol–water partition coefficient (Wildman–Crippen LogP) is 4.49. The second-order valence-electron chi connectivity index (χ2n) is 11.4. The van der Waals surface area contributed by atoms with Gasteiger partial charge in [-0.15, -0.1) is 0 Å². The van der Waals surface area contributed by atoms with E-state index in [1.54, 1.807) is 17.0 Å². The lowest BCUT2D eigenvalue weighted by atomic mass is 9.85. The van der Waals surface area contributed by atoms with E-state index in [1.165, 1.54) is 18.5 Å². The molecule has 3 heterocycles. The van der Waals surface area contributed by atoms with E-state index in [2.05, 4.69) is 14.9 Å². The van der Waals surface area contributed by atoms with Crippen LogP contribution in [0.1, 0.15) is 53.8 Å². The number of aromatic nitrogens is 2. The quantitative estimate of drug-likeness (QED) is 0.515. The van der Waals surface area contributed by atoms with Gasteiger partial charge in [-0.1, -0.05) is 6.07 Å². The van der Waals surface area contributed by atoms with Crippen LogP contribution >= 0.6 is 0 Å². The molecule has 1 aromatic carbocycles. The van der Waals surface area contributed by atoms with Crippen molar-refractivity contribution in [2.75, 3.05) is 44.2 Å². The summed E-state index contributed by atoms with van der Waals surface area (Å²) in [6.45, 7) is 8.00. The van der Waals surface area contributed by atoms with Crippen LogP contribution in [0.5, 0.6) is 0 Å². The number of hydrogen-bond acceptors (Lipinski definition) is 5. The van der Waals surface area contributed by atoms with Crippen molar-refractivity contribution >= 4 is 17.5 Å². The van der Waals surface area contributed by atoms with E-state index in [-0.39, 0.29) is 37.5 Å². The van der Waals surface area contributed by atoms with Crippen LogP contribution in [0.25, 0.3) is 0 Å². The normalized spacial score (nSPS) is 23.2. The van der Waals surface area contributed by atoms with Gasteiger partial charge in [-0.05, 0) is 69.7 Å². The zero-order chi connectivity index (χ0) is 27.7. The van der Waals surface area contributed by atoms with Crippen LogP contribution < -0.4 is 4.90 Å². The van der Waals surface area contributed by atoms with Crippen LogP contribution in [0.15, 0.2) is 30.6 Å². The lowest BCUT2D eigenvalue weighted by Crippen LogP contribution is -2.41. The highest BCUT2D eigenvalue weighted by atomic mass is 19.3. The molecule has 1 saturated carbocycles. The smallest absolute Gasteiger partial charge is 0.257 e. The number of halogens is 3. The molecule has 7 nitrogen and oxygen atoms in total. The third-order valence-corrected chi connectivity index (χ3v) is 8.60. The maximum Gasteiger partial charge on any atom is 0.257 e. The summed E-state index contributed by atoms with van der Waals surface area (Å²) in [5, 5.41) is 0. The molecule has 2 aromatic rings. The van der Waals surface area contributed by atoms with Gasteiger partial charge in [-0.3, -0.25) is 9.59 Å². The Bertz CT molecular complexity index is 1180. The van der Waals surface area contributed by atoms with Gasteiger partial charge in [-0.25, -0.2) is 23.1 Å². The van der Waals surface area contributed by atoms with Crippen LogP contribution in [0, 0.1) is 37.4 Å². The average Bonchev–Trinajstić information content (AvgIpc) is 3.45. The van der Waals surface area contributed by atoms with Gasteiger partial charge in [0.1, 0.15) is 12.1 Å². The number of anilines is 1. The second-order valence-corrected chi connectivity index (χ2v) is 11.4. The molecule has 0 spiro atoms. The molecule has 10 heteroatoms. The number of fused-ring (bicyclic) bond motifs is 1. The Morgan fingerprint density at radius 2 is 1.67 bits per heavy atom. The van der Waals surface area contributed by atoms with Crippen molar-refractivity contribution in [2.45, 2.75) is 51.9 Å². The summed E-state index contributed by atoms with van der Waals surface area (Å²) in [5.41, 5.74) is 2.47. The fourth-order valence-electron chi connectivity index (χ4n) is 6.47. The largest absolute Gasteiger partial charge is 0.338 e.